The van der Waals surface area contributed by atoms with Crippen molar-refractivity contribution < 1.29 is 24.5 Å². The molecule has 46 heavy (non-hydrogen) atoms. The van der Waals surface area contributed by atoms with Gasteiger partial charge in [-0.3, -0.25) is 9.36 Å². The van der Waals surface area contributed by atoms with Crippen LogP contribution in [0.3, 0.4) is 0 Å². The summed E-state index contributed by atoms with van der Waals surface area (Å²) in [6.07, 6.45) is -1.77. The SMILES string of the molecule is O=C(Nc1ncnc2c1ncn2[C@@H]1O[C@H](COC(c2ccccc2)(c2ccccc2)c2ccccc2)[C@@H](O)[C@H]1O)c1ccccc1. The Bertz CT molecular complexity index is 1830. The summed E-state index contributed by atoms with van der Waals surface area (Å²) in [5.41, 5.74) is 2.78. The molecular weight excluding hydrogens is 582 g/mol. The van der Waals surface area contributed by atoms with Gasteiger partial charge in [-0.05, 0) is 28.8 Å². The van der Waals surface area contributed by atoms with Crippen LogP contribution in [0.5, 0.6) is 0 Å². The molecule has 0 spiro atoms. The maximum Gasteiger partial charge on any atom is 0.256 e. The first-order valence-electron chi connectivity index (χ1n) is 14.9. The van der Waals surface area contributed by atoms with Crippen LogP contribution in [-0.4, -0.2) is 60.6 Å². The topological polar surface area (TPSA) is 132 Å². The van der Waals surface area contributed by atoms with Crippen molar-refractivity contribution in [2.45, 2.75) is 30.1 Å². The normalized spacial score (nSPS) is 19.7. The van der Waals surface area contributed by atoms with Gasteiger partial charge in [0.2, 0.25) is 0 Å². The largest absolute Gasteiger partial charge is 0.387 e. The molecule has 0 aliphatic carbocycles. The number of aliphatic hydroxyl groups is 2. The number of hydrogen-bond acceptors (Lipinski definition) is 8. The summed E-state index contributed by atoms with van der Waals surface area (Å²) in [7, 11) is 0. The second-order valence-corrected chi connectivity index (χ2v) is 11.0. The minimum atomic E-state index is -1.32. The average molecular weight is 614 g/mol. The molecule has 3 N–H and O–H groups in total. The van der Waals surface area contributed by atoms with Gasteiger partial charge in [-0.25, -0.2) is 15.0 Å². The van der Waals surface area contributed by atoms with Crippen LogP contribution in [-0.2, 0) is 15.1 Å². The molecule has 0 bridgehead atoms. The summed E-state index contributed by atoms with van der Waals surface area (Å²) in [6.45, 7) is -0.0482. The Kier molecular flexibility index (Phi) is 8.08. The summed E-state index contributed by atoms with van der Waals surface area (Å²) in [5, 5.41) is 25.2. The van der Waals surface area contributed by atoms with Gasteiger partial charge in [0.25, 0.3) is 5.91 Å². The van der Waals surface area contributed by atoms with Crippen molar-refractivity contribution in [3.05, 3.63) is 156 Å². The number of nitrogens with zero attached hydrogens (tertiary/aromatic N) is 4. The summed E-state index contributed by atoms with van der Waals surface area (Å²) >= 11 is 0. The number of anilines is 1. The summed E-state index contributed by atoms with van der Waals surface area (Å²) in [4.78, 5) is 25.8. The van der Waals surface area contributed by atoms with Gasteiger partial charge in [-0.15, -0.1) is 0 Å². The Morgan fingerprint density at radius 1 is 0.761 bits per heavy atom. The molecule has 10 nitrogen and oxygen atoms in total. The van der Waals surface area contributed by atoms with Crippen LogP contribution in [0.1, 0.15) is 33.3 Å². The lowest BCUT2D eigenvalue weighted by Crippen LogP contribution is -2.39. The molecule has 0 unspecified atom stereocenters. The zero-order chi connectivity index (χ0) is 31.5. The molecule has 0 radical (unpaired) electrons. The minimum absolute atomic E-state index is 0.0482. The van der Waals surface area contributed by atoms with Gasteiger partial charge in [0.05, 0.1) is 12.9 Å². The van der Waals surface area contributed by atoms with E-state index in [0.29, 0.717) is 16.7 Å². The number of carbonyl (C=O) groups is 1. The van der Waals surface area contributed by atoms with E-state index in [1.807, 2.05) is 97.1 Å². The van der Waals surface area contributed by atoms with Gasteiger partial charge >= 0.3 is 0 Å². The third-order valence-corrected chi connectivity index (χ3v) is 8.24. The van der Waals surface area contributed by atoms with Gasteiger partial charge < -0.3 is 25.0 Å². The number of hydrogen-bond donors (Lipinski definition) is 3. The molecule has 1 aliphatic rings. The molecule has 3 heterocycles. The highest BCUT2D eigenvalue weighted by molar-refractivity contribution is 6.06. The second-order valence-electron chi connectivity index (χ2n) is 11.0. The van der Waals surface area contributed by atoms with E-state index >= 15 is 0 Å². The predicted molar refractivity (Wildman–Crippen MR) is 171 cm³/mol. The molecule has 1 amide bonds. The molecule has 1 aliphatic heterocycles. The van der Waals surface area contributed by atoms with Crippen LogP contribution in [0.15, 0.2) is 134 Å². The molecule has 2 aromatic heterocycles. The minimum Gasteiger partial charge on any atom is -0.387 e. The summed E-state index contributed by atoms with van der Waals surface area (Å²) in [5.74, 6) is -0.137. The Morgan fingerprint density at radius 2 is 1.30 bits per heavy atom. The third kappa shape index (κ3) is 5.33. The lowest BCUT2D eigenvalue weighted by atomic mass is 9.80. The maximum absolute atomic E-state index is 12.8. The zero-order valence-corrected chi connectivity index (χ0v) is 24.6. The fourth-order valence-electron chi connectivity index (χ4n) is 5.97. The number of amides is 1. The van der Waals surface area contributed by atoms with E-state index in [9.17, 15) is 15.0 Å². The van der Waals surface area contributed by atoms with Crippen LogP contribution >= 0.6 is 0 Å². The highest BCUT2D eigenvalue weighted by Gasteiger charge is 2.47. The number of nitrogens with one attached hydrogen (secondary N) is 1. The first-order valence-corrected chi connectivity index (χ1v) is 14.9. The molecule has 6 aromatic rings. The van der Waals surface area contributed by atoms with Gasteiger partial charge in [0, 0.05) is 5.56 Å². The van der Waals surface area contributed by atoms with Crippen molar-refractivity contribution >= 4 is 22.9 Å². The molecular formula is C36H31N5O5. The molecule has 10 heteroatoms. The van der Waals surface area contributed by atoms with Crippen LogP contribution in [0, 0.1) is 0 Å². The van der Waals surface area contributed by atoms with Crippen molar-refractivity contribution in [2.75, 3.05) is 11.9 Å². The number of fused-ring (bicyclic) bond motifs is 1. The van der Waals surface area contributed by atoms with E-state index in [4.69, 9.17) is 9.47 Å². The Hall–Kier alpha value is -5.26. The number of aliphatic hydroxyl groups excluding tert-OH is 2. The van der Waals surface area contributed by atoms with Crippen molar-refractivity contribution in [2.24, 2.45) is 0 Å². The number of rotatable bonds is 9. The Balaban J connectivity index is 1.18. The van der Waals surface area contributed by atoms with Crippen LogP contribution in [0.25, 0.3) is 11.2 Å². The van der Waals surface area contributed by atoms with Crippen molar-refractivity contribution in [3.8, 4) is 0 Å². The number of benzene rings is 4. The van der Waals surface area contributed by atoms with E-state index in [1.54, 1.807) is 24.3 Å². The van der Waals surface area contributed by atoms with Crippen LogP contribution in [0.2, 0.25) is 0 Å². The number of carbonyl (C=O) groups excluding carboxylic acids is 1. The van der Waals surface area contributed by atoms with E-state index in [0.717, 1.165) is 16.7 Å². The molecule has 1 saturated heterocycles. The summed E-state index contributed by atoms with van der Waals surface area (Å²) < 4.78 is 14.7. The molecule has 7 rings (SSSR count). The van der Waals surface area contributed by atoms with Crippen molar-refractivity contribution in [1.29, 1.82) is 0 Å². The lowest BCUT2D eigenvalue weighted by molar-refractivity contribution is -0.0942. The second kappa shape index (κ2) is 12.6. The highest BCUT2D eigenvalue weighted by atomic mass is 16.6. The number of ether oxygens (including phenoxy) is 2. The first-order chi connectivity index (χ1) is 22.6. The van der Waals surface area contributed by atoms with Gasteiger partial charge in [-0.1, -0.05) is 109 Å². The van der Waals surface area contributed by atoms with Gasteiger partial charge in [0.15, 0.2) is 23.2 Å². The number of aromatic nitrogens is 4. The smallest absolute Gasteiger partial charge is 0.256 e. The average Bonchev–Trinajstić information content (AvgIpc) is 3.67. The van der Waals surface area contributed by atoms with Gasteiger partial charge in [-0.2, -0.15) is 0 Å². The van der Waals surface area contributed by atoms with Crippen LogP contribution < -0.4 is 5.32 Å². The quantitative estimate of drug-likeness (QED) is 0.200. The maximum atomic E-state index is 12.8. The fourth-order valence-corrected chi connectivity index (χ4v) is 5.97. The third-order valence-electron chi connectivity index (χ3n) is 8.24. The fraction of sp³-hybridized carbons (Fsp3) is 0.167. The van der Waals surface area contributed by atoms with Crippen LogP contribution in [0.4, 0.5) is 5.82 Å². The van der Waals surface area contributed by atoms with Gasteiger partial charge in [0.1, 0.15) is 30.2 Å². The van der Waals surface area contributed by atoms with E-state index in [2.05, 4.69) is 20.3 Å². The highest BCUT2D eigenvalue weighted by Crippen LogP contribution is 2.42. The molecule has 1 fully saturated rings. The van der Waals surface area contributed by atoms with Crippen molar-refractivity contribution in [1.82, 2.24) is 19.5 Å². The molecule has 230 valence electrons. The number of imidazole rings is 1. The predicted octanol–water partition coefficient (Wildman–Crippen LogP) is 4.71. The molecule has 4 atom stereocenters. The standard InChI is InChI=1S/C36H31N5O5/c42-30-28(21-45-36(25-15-7-2-8-16-25,26-17-9-3-10-18-26)27-19-11-4-12-20-27)46-35(31(30)43)41-23-39-29-32(37-22-38-33(29)41)40-34(44)24-13-5-1-6-14-24/h1-20,22-23,28,30-31,35,42-43H,21H2,(H,37,38,40,44)/t28-,30-,31-,35-/m1/s1. The summed E-state index contributed by atoms with van der Waals surface area (Å²) in [6, 6.07) is 38.4. The van der Waals surface area contributed by atoms with E-state index in [1.165, 1.54) is 17.2 Å². The van der Waals surface area contributed by atoms with E-state index in [-0.39, 0.29) is 18.3 Å². The van der Waals surface area contributed by atoms with E-state index < -0.39 is 30.1 Å². The van der Waals surface area contributed by atoms with Crippen molar-refractivity contribution in [3.63, 3.8) is 0 Å². The Labute approximate surface area is 264 Å². The monoisotopic (exact) mass is 613 g/mol. The Morgan fingerprint density at radius 3 is 1.87 bits per heavy atom. The first kappa shape index (κ1) is 29.5. The molecule has 0 saturated carbocycles. The molecule has 4 aromatic carbocycles. The zero-order valence-electron chi connectivity index (χ0n) is 24.6. The lowest BCUT2D eigenvalue weighted by Gasteiger charge is -2.37.